The van der Waals surface area contributed by atoms with Gasteiger partial charge in [0.1, 0.15) is 13.2 Å². The highest BCUT2D eigenvalue weighted by molar-refractivity contribution is 5.71. The van der Waals surface area contributed by atoms with Crippen LogP contribution in [0.4, 0.5) is 0 Å². The molecule has 0 aromatic heterocycles. The van der Waals surface area contributed by atoms with Crippen molar-refractivity contribution in [1.82, 2.24) is 0 Å². The van der Waals surface area contributed by atoms with Gasteiger partial charge in [0.2, 0.25) is 0 Å². The summed E-state index contributed by atoms with van der Waals surface area (Å²) in [6.07, 6.45) is 96.3. The quantitative estimate of drug-likeness (QED) is 0.0261. The van der Waals surface area contributed by atoms with Crippen LogP contribution in [-0.2, 0) is 28.6 Å². The Kier molecular flexibility index (Phi) is 61.0. The average molecular weight is 1090 g/mol. The first-order valence-corrected chi connectivity index (χ1v) is 31.6. The maximum atomic E-state index is 12.9. The van der Waals surface area contributed by atoms with Crippen LogP contribution in [0.3, 0.4) is 0 Å². The highest BCUT2D eigenvalue weighted by Gasteiger charge is 2.19. The summed E-state index contributed by atoms with van der Waals surface area (Å²) >= 11 is 0. The highest BCUT2D eigenvalue weighted by Crippen LogP contribution is 2.13. The van der Waals surface area contributed by atoms with Crippen molar-refractivity contribution in [2.24, 2.45) is 0 Å². The third-order valence-corrected chi connectivity index (χ3v) is 12.7. The first-order valence-electron chi connectivity index (χ1n) is 31.6. The Morgan fingerprint density at radius 2 is 0.494 bits per heavy atom. The maximum Gasteiger partial charge on any atom is 0.306 e. The van der Waals surface area contributed by atoms with E-state index < -0.39 is 6.10 Å². The van der Waals surface area contributed by atoms with E-state index in [1.54, 1.807) is 0 Å². The molecule has 0 amide bonds. The highest BCUT2D eigenvalue weighted by atomic mass is 16.6. The van der Waals surface area contributed by atoms with E-state index in [1.165, 1.54) is 38.5 Å². The lowest BCUT2D eigenvalue weighted by molar-refractivity contribution is -0.167. The molecular weight excluding hydrogens is 973 g/mol. The van der Waals surface area contributed by atoms with Gasteiger partial charge in [-0.3, -0.25) is 14.4 Å². The van der Waals surface area contributed by atoms with Gasteiger partial charge >= 0.3 is 17.9 Å². The number of carbonyl (C=O) groups excluding carboxylic acids is 3. The van der Waals surface area contributed by atoms with Crippen LogP contribution >= 0.6 is 0 Å². The third kappa shape index (κ3) is 63.5. The Labute approximate surface area is 485 Å². The molecule has 0 saturated carbocycles. The normalized spacial score (nSPS) is 13.3. The van der Waals surface area contributed by atoms with Gasteiger partial charge in [0.15, 0.2) is 6.10 Å². The van der Waals surface area contributed by atoms with E-state index in [4.69, 9.17) is 14.2 Å². The number of hydrogen-bond acceptors (Lipinski definition) is 6. The van der Waals surface area contributed by atoms with Crippen LogP contribution in [0.15, 0.2) is 170 Å². The number of carbonyl (C=O) groups is 3. The summed E-state index contributed by atoms with van der Waals surface area (Å²) in [7, 11) is 0. The molecule has 0 aliphatic heterocycles. The Morgan fingerprint density at radius 3 is 0.797 bits per heavy atom. The zero-order valence-corrected chi connectivity index (χ0v) is 50.6. The van der Waals surface area contributed by atoms with E-state index in [0.29, 0.717) is 12.8 Å². The van der Waals surface area contributed by atoms with Crippen LogP contribution in [-0.4, -0.2) is 37.2 Å². The molecule has 6 nitrogen and oxygen atoms in total. The molecule has 0 heterocycles. The molecule has 79 heavy (non-hydrogen) atoms. The van der Waals surface area contributed by atoms with Crippen LogP contribution in [0.5, 0.6) is 0 Å². The van der Waals surface area contributed by atoms with Crippen molar-refractivity contribution in [2.45, 2.75) is 258 Å². The third-order valence-electron chi connectivity index (χ3n) is 12.7. The van der Waals surface area contributed by atoms with Gasteiger partial charge in [-0.05, 0) is 154 Å². The second kappa shape index (κ2) is 65.3. The summed E-state index contributed by atoms with van der Waals surface area (Å²) < 4.78 is 16.9. The molecule has 1 unspecified atom stereocenters. The Balaban J connectivity index is 4.52. The van der Waals surface area contributed by atoms with Gasteiger partial charge in [-0.15, -0.1) is 0 Å². The van der Waals surface area contributed by atoms with Crippen LogP contribution < -0.4 is 0 Å². The molecule has 0 aliphatic carbocycles. The lowest BCUT2D eigenvalue weighted by Gasteiger charge is -2.18. The summed E-state index contributed by atoms with van der Waals surface area (Å²) in [5.74, 6) is -0.985. The van der Waals surface area contributed by atoms with Gasteiger partial charge in [-0.25, -0.2) is 0 Å². The monoisotopic (exact) mass is 1090 g/mol. The van der Waals surface area contributed by atoms with Gasteiger partial charge in [-0.2, -0.15) is 0 Å². The van der Waals surface area contributed by atoms with Gasteiger partial charge in [0.05, 0.1) is 0 Å². The topological polar surface area (TPSA) is 78.9 Å². The lowest BCUT2D eigenvalue weighted by atomic mass is 10.1. The van der Waals surface area contributed by atoms with Crippen molar-refractivity contribution >= 4 is 17.9 Å². The fourth-order valence-corrected chi connectivity index (χ4v) is 8.01. The molecule has 1 atom stereocenters. The molecule has 6 heteroatoms. The number of rotatable bonds is 55. The minimum atomic E-state index is -0.820. The zero-order valence-electron chi connectivity index (χ0n) is 50.6. The van der Waals surface area contributed by atoms with Crippen molar-refractivity contribution in [2.75, 3.05) is 13.2 Å². The molecule has 0 fully saturated rings. The van der Waals surface area contributed by atoms with Gasteiger partial charge in [0.25, 0.3) is 0 Å². The molecule has 442 valence electrons. The first kappa shape index (κ1) is 73.8. The predicted molar refractivity (Wildman–Crippen MR) is 343 cm³/mol. The number of hydrogen-bond donors (Lipinski definition) is 0. The minimum Gasteiger partial charge on any atom is -0.462 e. The minimum absolute atomic E-state index is 0.112. The van der Waals surface area contributed by atoms with Gasteiger partial charge in [0, 0.05) is 19.3 Å². The lowest BCUT2D eigenvalue weighted by Crippen LogP contribution is -2.30. The number of allylic oxidation sites excluding steroid dienone is 28. The molecule has 0 saturated heterocycles. The van der Waals surface area contributed by atoms with Gasteiger partial charge in [-0.1, -0.05) is 249 Å². The van der Waals surface area contributed by atoms with E-state index in [1.807, 2.05) is 0 Å². The van der Waals surface area contributed by atoms with Crippen molar-refractivity contribution in [1.29, 1.82) is 0 Å². The summed E-state index contributed by atoms with van der Waals surface area (Å²) in [6, 6.07) is 0. The summed E-state index contributed by atoms with van der Waals surface area (Å²) in [5, 5.41) is 0. The van der Waals surface area contributed by atoms with E-state index in [2.05, 4.69) is 191 Å². The molecular formula is C73H114O6. The SMILES string of the molecule is CC/C=C\C/C=C\C/C=C\C/C=C\C/C=C\C/C=C\C/C=C\CCCCCC(=O)OCC(COC(=O)CCCCCCC/C=C\CCCCCC)OC(=O)CCCCCC/C=C\C/C=C\C/C=C\C/C=C\C/C=C\C/C=C\CC. The van der Waals surface area contributed by atoms with Crippen LogP contribution in [0, 0.1) is 0 Å². The molecule has 0 rings (SSSR count). The van der Waals surface area contributed by atoms with E-state index in [0.717, 1.165) is 173 Å². The standard InChI is InChI=1S/C73H114O6/c1-4-7-10-13-16-19-22-25-27-29-31-33-35-36-38-39-41-43-45-48-51-54-57-60-63-66-72(75)78-69-70(68-77-71(74)65-62-59-56-53-50-47-24-21-18-15-12-9-6-3)79-73(76)67-64-61-58-55-52-49-46-44-42-40-37-34-32-30-28-26-23-20-17-14-11-8-5-2/h7-8,10-11,16-17,19-21,24-28,31-34,36,38,40-43,46,48-49,51,70H,4-6,9,12-15,18,22-23,29-30,35,37,39,44-45,47,50,52-69H2,1-3H3/b10-7-,11-8-,19-16-,20-17-,24-21-,27-25-,28-26-,33-31-,34-32-,38-36-,42-40-,43-41-,49-46-,51-48-. The van der Waals surface area contributed by atoms with E-state index >= 15 is 0 Å². The Hall–Kier alpha value is -5.23. The molecule has 0 radical (unpaired) electrons. The number of ether oxygens (including phenoxy) is 3. The molecule has 0 bridgehead atoms. The fourth-order valence-electron chi connectivity index (χ4n) is 8.01. The van der Waals surface area contributed by atoms with Crippen LogP contribution in [0.2, 0.25) is 0 Å². The Bertz CT molecular complexity index is 1820. The second-order valence-electron chi connectivity index (χ2n) is 20.2. The molecule has 0 aromatic rings. The largest absolute Gasteiger partial charge is 0.462 e. The van der Waals surface area contributed by atoms with Crippen molar-refractivity contribution in [3.63, 3.8) is 0 Å². The molecule has 0 aromatic carbocycles. The van der Waals surface area contributed by atoms with Crippen molar-refractivity contribution in [3.05, 3.63) is 170 Å². The predicted octanol–water partition coefficient (Wildman–Crippen LogP) is 21.9. The number of unbranched alkanes of at least 4 members (excludes halogenated alkanes) is 16. The second-order valence-corrected chi connectivity index (χ2v) is 20.2. The average Bonchev–Trinajstić information content (AvgIpc) is 3.45. The van der Waals surface area contributed by atoms with Crippen molar-refractivity contribution < 1.29 is 28.6 Å². The van der Waals surface area contributed by atoms with Crippen LogP contribution in [0.25, 0.3) is 0 Å². The summed E-state index contributed by atoms with van der Waals surface area (Å²) in [5.41, 5.74) is 0. The first-order chi connectivity index (χ1) is 39.0. The summed E-state index contributed by atoms with van der Waals surface area (Å²) in [4.78, 5) is 38.3. The molecule has 0 N–H and O–H groups in total. The molecule has 0 aliphatic rings. The smallest absolute Gasteiger partial charge is 0.306 e. The van der Waals surface area contributed by atoms with Gasteiger partial charge < -0.3 is 14.2 Å². The van der Waals surface area contributed by atoms with Crippen LogP contribution in [0.1, 0.15) is 252 Å². The van der Waals surface area contributed by atoms with E-state index in [-0.39, 0.29) is 37.5 Å². The molecule has 0 spiro atoms. The summed E-state index contributed by atoms with van der Waals surface area (Å²) in [6.45, 7) is 6.33. The maximum absolute atomic E-state index is 12.9. The van der Waals surface area contributed by atoms with Crippen molar-refractivity contribution in [3.8, 4) is 0 Å². The fraction of sp³-hybridized carbons (Fsp3) is 0.575. The Morgan fingerprint density at radius 1 is 0.266 bits per heavy atom. The van der Waals surface area contributed by atoms with E-state index in [9.17, 15) is 14.4 Å². The number of esters is 3. The zero-order chi connectivity index (χ0) is 57.1.